The summed E-state index contributed by atoms with van der Waals surface area (Å²) in [4.78, 5) is 33.9. The van der Waals surface area contributed by atoms with Gasteiger partial charge in [-0.15, -0.1) is 22.7 Å². The normalized spacial score (nSPS) is 11.0. The van der Waals surface area contributed by atoms with Gasteiger partial charge in [-0.2, -0.15) is 0 Å². The lowest BCUT2D eigenvalue weighted by Gasteiger charge is -2.05. The first-order valence-corrected chi connectivity index (χ1v) is 14.4. The van der Waals surface area contributed by atoms with Crippen molar-refractivity contribution in [3.05, 3.63) is 88.4 Å². The number of amides is 2. The average Bonchev–Trinajstić information content (AvgIpc) is 3.51. The molecule has 2 amide bonds. The molecule has 0 atom stereocenters. The van der Waals surface area contributed by atoms with Gasteiger partial charge in [0.05, 0.1) is 28.1 Å². The van der Waals surface area contributed by atoms with Gasteiger partial charge in [0, 0.05) is 27.3 Å². The summed E-state index contributed by atoms with van der Waals surface area (Å²) in [6.07, 6.45) is 0.160. The number of hydrogen-bond donors (Lipinski definition) is 2. The maximum absolute atomic E-state index is 12.6. The number of halogens is 1. The summed E-state index contributed by atoms with van der Waals surface area (Å²) in [6, 6.07) is 20.9. The fourth-order valence-electron chi connectivity index (χ4n) is 3.51. The number of carbonyl (C=O) groups excluding carboxylic acids is 2. The number of rotatable bonds is 8. The third kappa shape index (κ3) is 6.75. The molecule has 10 heteroatoms. The predicted molar refractivity (Wildman–Crippen MR) is 155 cm³/mol. The molecule has 0 unspecified atom stereocenters. The maximum Gasteiger partial charge on any atom is 0.234 e. The highest BCUT2D eigenvalue weighted by atomic mass is 35.5. The number of aromatic nitrogens is 2. The van der Waals surface area contributed by atoms with Gasteiger partial charge in [-0.3, -0.25) is 9.59 Å². The highest BCUT2D eigenvalue weighted by Gasteiger charge is 2.12. The van der Waals surface area contributed by atoms with Gasteiger partial charge < -0.3 is 10.6 Å². The van der Waals surface area contributed by atoms with Gasteiger partial charge in [-0.05, 0) is 73.2 Å². The van der Waals surface area contributed by atoms with Gasteiger partial charge in [0.2, 0.25) is 11.8 Å². The number of thiazole rings is 2. The Kier molecular flexibility index (Phi) is 7.85. The minimum Gasteiger partial charge on any atom is -0.326 e. The van der Waals surface area contributed by atoms with Gasteiger partial charge in [0.1, 0.15) is 5.01 Å². The first kappa shape index (κ1) is 25.4. The summed E-state index contributed by atoms with van der Waals surface area (Å²) in [5.74, 6) is -0.0562. The van der Waals surface area contributed by atoms with Gasteiger partial charge in [0.25, 0.3) is 0 Å². The Hall–Kier alpha value is -3.24. The molecule has 2 heterocycles. The molecule has 186 valence electrons. The van der Waals surface area contributed by atoms with Crippen LogP contribution in [0.25, 0.3) is 20.8 Å². The molecule has 2 aromatic heterocycles. The Morgan fingerprint density at radius 2 is 1.62 bits per heavy atom. The van der Waals surface area contributed by atoms with Gasteiger partial charge in [-0.1, -0.05) is 29.4 Å². The van der Waals surface area contributed by atoms with E-state index < -0.39 is 0 Å². The molecule has 0 radical (unpaired) electrons. The molecule has 5 aromatic rings. The number of fused-ring (bicyclic) bond motifs is 1. The van der Waals surface area contributed by atoms with Crippen molar-refractivity contribution < 1.29 is 9.59 Å². The van der Waals surface area contributed by atoms with Crippen LogP contribution in [0.3, 0.4) is 0 Å². The highest BCUT2D eigenvalue weighted by Crippen LogP contribution is 2.31. The number of aryl methyl sites for hydroxylation is 1. The van der Waals surface area contributed by atoms with Crippen LogP contribution in [0.15, 0.2) is 76.4 Å². The van der Waals surface area contributed by atoms with E-state index in [-0.39, 0.29) is 24.0 Å². The second kappa shape index (κ2) is 11.4. The molecule has 3 aromatic carbocycles. The lowest BCUT2D eigenvalue weighted by atomic mass is 10.2. The van der Waals surface area contributed by atoms with Crippen molar-refractivity contribution in [3.8, 4) is 10.6 Å². The van der Waals surface area contributed by atoms with Gasteiger partial charge >= 0.3 is 0 Å². The summed E-state index contributed by atoms with van der Waals surface area (Å²) in [5, 5.41) is 9.15. The van der Waals surface area contributed by atoms with Crippen LogP contribution < -0.4 is 10.6 Å². The third-order valence-corrected chi connectivity index (χ3v) is 8.68. The quantitative estimate of drug-likeness (QED) is 0.193. The van der Waals surface area contributed by atoms with Gasteiger partial charge in [0.15, 0.2) is 4.34 Å². The van der Waals surface area contributed by atoms with Crippen LogP contribution >= 0.6 is 46.0 Å². The SMILES string of the molecule is Cc1ccc2nc(-c3ccc(NC(=O)Cc4csc(SCC(=O)Nc5ccc(Cl)cc5)n4)cc3)sc2c1. The first-order chi connectivity index (χ1) is 17.9. The van der Waals surface area contributed by atoms with E-state index in [4.69, 9.17) is 16.6 Å². The number of hydrogen-bond acceptors (Lipinski definition) is 7. The largest absolute Gasteiger partial charge is 0.326 e. The third-order valence-electron chi connectivity index (χ3n) is 5.29. The minimum absolute atomic E-state index is 0.133. The summed E-state index contributed by atoms with van der Waals surface area (Å²) in [7, 11) is 0. The van der Waals surface area contributed by atoms with E-state index in [1.54, 1.807) is 35.6 Å². The van der Waals surface area contributed by atoms with Crippen LogP contribution in [0.4, 0.5) is 11.4 Å². The Balaban J connectivity index is 1.11. The zero-order valence-electron chi connectivity index (χ0n) is 19.7. The van der Waals surface area contributed by atoms with Crippen molar-refractivity contribution in [3.63, 3.8) is 0 Å². The number of thioether (sulfide) groups is 1. The van der Waals surface area contributed by atoms with E-state index in [2.05, 4.69) is 34.7 Å². The van der Waals surface area contributed by atoms with Crippen LogP contribution in [0, 0.1) is 6.92 Å². The number of anilines is 2. The molecule has 37 heavy (non-hydrogen) atoms. The van der Waals surface area contributed by atoms with Crippen molar-refractivity contribution in [2.45, 2.75) is 17.7 Å². The number of nitrogens with one attached hydrogen (secondary N) is 2. The molecule has 6 nitrogen and oxygen atoms in total. The standard InChI is InChI=1S/C27H21ClN4O2S3/c1-16-2-11-22-23(12-16)37-26(32-22)17-3-7-19(8-4-17)29-24(33)13-21-14-35-27(31-21)36-15-25(34)30-20-9-5-18(28)6-10-20/h2-12,14H,13,15H2,1H3,(H,29,33)(H,30,34). The topological polar surface area (TPSA) is 84.0 Å². The molecule has 0 aliphatic carbocycles. The highest BCUT2D eigenvalue weighted by molar-refractivity contribution is 8.01. The Labute approximate surface area is 231 Å². The Morgan fingerprint density at radius 3 is 2.38 bits per heavy atom. The fraction of sp³-hybridized carbons (Fsp3) is 0.111. The predicted octanol–water partition coefficient (Wildman–Crippen LogP) is 7.29. The zero-order valence-corrected chi connectivity index (χ0v) is 22.9. The lowest BCUT2D eigenvalue weighted by molar-refractivity contribution is -0.116. The smallest absolute Gasteiger partial charge is 0.234 e. The van der Waals surface area contributed by atoms with Crippen molar-refractivity contribution in [2.24, 2.45) is 0 Å². The van der Waals surface area contributed by atoms with E-state index in [0.29, 0.717) is 16.4 Å². The van der Waals surface area contributed by atoms with Crippen molar-refractivity contribution >= 4 is 79.4 Å². The Bertz CT molecular complexity index is 1560. The Morgan fingerprint density at radius 1 is 0.919 bits per heavy atom. The molecule has 0 aliphatic rings. The van der Waals surface area contributed by atoms with Crippen molar-refractivity contribution in [2.75, 3.05) is 16.4 Å². The molecule has 0 bridgehead atoms. The van der Waals surface area contributed by atoms with Crippen LogP contribution in [-0.2, 0) is 16.0 Å². The molecule has 0 saturated heterocycles. The average molecular weight is 565 g/mol. The van der Waals surface area contributed by atoms with Crippen LogP contribution in [-0.4, -0.2) is 27.5 Å². The van der Waals surface area contributed by atoms with Gasteiger partial charge in [-0.25, -0.2) is 9.97 Å². The molecular formula is C27H21ClN4O2S3. The van der Waals surface area contributed by atoms with Crippen LogP contribution in [0.1, 0.15) is 11.3 Å². The molecule has 0 spiro atoms. The van der Waals surface area contributed by atoms with Crippen molar-refractivity contribution in [1.29, 1.82) is 0 Å². The molecule has 0 aliphatic heterocycles. The van der Waals surface area contributed by atoms with Crippen LogP contribution in [0.2, 0.25) is 5.02 Å². The summed E-state index contributed by atoms with van der Waals surface area (Å²) in [5.41, 5.74) is 5.30. The number of nitrogens with zero attached hydrogens (tertiary/aromatic N) is 2. The number of benzene rings is 3. The molecule has 2 N–H and O–H groups in total. The van der Waals surface area contributed by atoms with Crippen LogP contribution in [0.5, 0.6) is 0 Å². The summed E-state index contributed by atoms with van der Waals surface area (Å²) in [6.45, 7) is 2.07. The minimum atomic E-state index is -0.148. The van der Waals surface area contributed by atoms with E-state index in [0.717, 1.165) is 30.8 Å². The van der Waals surface area contributed by atoms with E-state index >= 15 is 0 Å². The molecule has 0 fully saturated rings. The number of carbonyl (C=O) groups is 2. The second-order valence-corrected chi connectivity index (χ2v) is 11.8. The van der Waals surface area contributed by atoms with E-state index in [1.807, 2.05) is 35.7 Å². The first-order valence-electron chi connectivity index (χ1n) is 11.3. The molecular weight excluding hydrogens is 544 g/mol. The molecule has 5 rings (SSSR count). The molecule has 0 saturated carbocycles. The lowest BCUT2D eigenvalue weighted by Crippen LogP contribution is -2.14. The summed E-state index contributed by atoms with van der Waals surface area (Å²) >= 11 is 10.3. The fourth-order valence-corrected chi connectivity index (χ4v) is 6.35. The van der Waals surface area contributed by atoms with E-state index in [9.17, 15) is 9.59 Å². The van der Waals surface area contributed by atoms with Crippen molar-refractivity contribution in [1.82, 2.24) is 9.97 Å². The maximum atomic E-state index is 12.6. The zero-order chi connectivity index (χ0) is 25.8. The second-order valence-electron chi connectivity index (χ2n) is 8.24. The monoisotopic (exact) mass is 564 g/mol. The van der Waals surface area contributed by atoms with E-state index in [1.165, 1.54) is 28.7 Å². The summed E-state index contributed by atoms with van der Waals surface area (Å²) < 4.78 is 1.90.